The molecule has 0 aromatic heterocycles. The Morgan fingerprint density at radius 3 is 3.17 bits per heavy atom. The van der Waals surface area contributed by atoms with E-state index in [4.69, 9.17) is 9.68 Å². The zero-order valence-corrected chi connectivity index (χ0v) is 7.07. The van der Waals surface area contributed by atoms with Crippen molar-refractivity contribution in [3.63, 3.8) is 0 Å². The van der Waals surface area contributed by atoms with Crippen LogP contribution in [0.3, 0.4) is 0 Å². The van der Waals surface area contributed by atoms with Crippen LogP contribution in [0.4, 0.5) is 0 Å². The second-order valence-electron chi connectivity index (χ2n) is 3.40. The molecule has 2 rings (SSSR count). The fraction of sp³-hybridized carbons (Fsp3) is 1.00. The largest absolute Gasteiger partial charge is 0.486 e. The van der Waals surface area contributed by atoms with Gasteiger partial charge in [0.2, 0.25) is 0 Å². The first kappa shape index (κ1) is 8.50. The highest BCUT2D eigenvalue weighted by atomic mass is 16.5. The van der Waals surface area contributed by atoms with Gasteiger partial charge in [0, 0.05) is 6.54 Å². The molecule has 2 heterocycles. The van der Waals surface area contributed by atoms with E-state index in [0.29, 0.717) is 6.17 Å². The summed E-state index contributed by atoms with van der Waals surface area (Å²) in [6.07, 6.45) is 4.24. The molecule has 0 spiro atoms. The third-order valence-electron chi connectivity index (χ3n) is 2.62. The average molecular weight is 169 g/mol. The Balaban J connectivity index is 1.85. The number of nitrogens with zero attached hydrogens (tertiary/aromatic N) is 1. The summed E-state index contributed by atoms with van der Waals surface area (Å²) in [4.78, 5) is 2.37. The maximum absolute atomic E-state index is 8.45. The van der Waals surface area contributed by atoms with E-state index in [-0.39, 0.29) is 6.23 Å². The first-order valence-electron chi connectivity index (χ1n) is 4.51. The highest BCUT2D eigenvalue weighted by molar-refractivity contribution is 6.15. The van der Waals surface area contributed by atoms with Crippen molar-refractivity contribution >= 4 is 7.69 Å². The molecule has 2 fully saturated rings. The molecule has 2 saturated heterocycles. The molecule has 5 heteroatoms. The van der Waals surface area contributed by atoms with Crippen molar-refractivity contribution in [2.75, 3.05) is 13.1 Å². The molecule has 0 saturated carbocycles. The fourth-order valence-electron chi connectivity index (χ4n) is 2.03. The van der Waals surface area contributed by atoms with Crippen LogP contribution in [0, 0.1) is 0 Å². The monoisotopic (exact) mass is 169 g/mol. The van der Waals surface area contributed by atoms with E-state index >= 15 is 0 Å². The average Bonchev–Trinajstić information content (AvgIpc) is 2.47. The molecular formula is C7H14BN2O2. The molecule has 12 heavy (non-hydrogen) atoms. The van der Waals surface area contributed by atoms with Crippen LogP contribution in [0.25, 0.3) is 0 Å². The summed E-state index contributed by atoms with van der Waals surface area (Å²) in [5.74, 6) is 0. The summed E-state index contributed by atoms with van der Waals surface area (Å²) in [6, 6.07) is 0. The molecule has 2 atom stereocenters. The number of rotatable bonds is 2. The quantitative estimate of drug-likeness (QED) is 0.535. The zero-order chi connectivity index (χ0) is 8.39. The number of piperidine rings is 1. The van der Waals surface area contributed by atoms with Gasteiger partial charge in [-0.15, -0.1) is 0 Å². The number of fused-ring (bicyclic) bond motifs is 1. The van der Waals surface area contributed by atoms with Crippen molar-refractivity contribution in [3.8, 4) is 0 Å². The number of nitrogens with one attached hydrogen (secondary N) is 1. The van der Waals surface area contributed by atoms with Gasteiger partial charge in [-0.25, -0.2) is 0 Å². The van der Waals surface area contributed by atoms with Gasteiger partial charge in [-0.3, -0.25) is 10.2 Å². The van der Waals surface area contributed by atoms with Gasteiger partial charge >= 0.3 is 7.69 Å². The Kier molecular flexibility index (Phi) is 2.65. The van der Waals surface area contributed by atoms with Crippen molar-refractivity contribution < 1.29 is 9.68 Å². The summed E-state index contributed by atoms with van der Waals surface area (Å²) in [6.45, 7) is 2.05. The highest BCUT2D eigenvalue weighted by Gasteiger charge is 2.32. The standard InChI is InChI=1S/C7H14BN2O2/c11-8-12-7-5-10-4-2-1-3-6(10)9-7/h6-7,9,11H,1-5H2. The van der Waals surface area contributed by atoms with E-state index in [1.165, 1.54) is 19.3 Å². The summed E-state index contributed by atoms with van der Waals surface area (Å²) < 4.78 is 4.97. The Hall–Kier alpha value is -0.0951. The van der Waals surface area contributed by atoms with Gasteiger partial charge in [0.05, 0.1) is 6.17 Å². The molecule has 0 bridgehead atoms. The molecule has 67 valence electrons. The predicted octanol–water partition coefficient (Wildman–Crippen LogP) is -0.729. The summed E-state index contributed by atoms with van der Waals surface area (Å²) in [7, 11) is 0.774. The smallest absolute Gasteiger partial charge is 0.429 e. The van der Waals surface area contributed by atoms with E-state index in [0.717, 1.165) is 20.8 Å². The van der Waals surface area contributed by atoms with Crippen molar-refractivity contribution in [3.05, 3.63) is 0 Å². The first-order valence-corrected chi connectivity index (χ1v) is 4.51. The van der Waals surface area contributed by atoms with Gasteiger partial charge in [0.15, 0.2) is 0 Å². The van der Waals surface area contributed by atoms with Crippen LogP contribution in [0.1, 0.15) is 19.3 Å². The van der Waals surface area contributed by atoms with E-state index in [1.807, 2.05) is 0 Å². The van der Waals surface area contributed by atoms with Gasteiger partial charge in [-0.2, -0.15) is 0 Å². The van der Waals surface area contributed by atoms with E-state index in [2.05, 4.69) is 10.2 Å². The van der Waals surface area contributed by atoms with E-state index < -0.39 is 0 Å². The number of hydrogen-bond donors (Lipinski definition) is 2. The molecule has 0 aliphatic carbocycles. The lowest BCUT2D eigenvalue weighted by Gasteiger charge is -2.27. The highest BCUT2D eigenvalue weighted by Crippen LogP contribution is 2.20. The second kappa shape index (κ2) is 3.74. The minimum absolute atomic E-state index is 0.0156. The van der Waals surface area contributed by atoms with Crippen molar-refractivity contribution in [1.29, 1.82) is 0 Å². The van der Waals surface area contributed by atoms with Gasteiger partial charge in [0.1, 0.15) is 6.23 Å². The fourth-order valence-corrected chi connectivity index (χ4v) is 2.03. The van der Waals surface area contributed by atoms with Crippen LogP contribution in [-0.2, 0) is 4.65 Å². The van der Waals surface area contributed by atoms with Crippen LogP contribution >= 0.6 is 0 Å². The van der Waals surface area contributed by atoms with Crippen molar-refractivity contribution in [2.24, 2.45) is 0 Å². The van der Waals surface area contributed by atoms with Crippen LogP contribution in [0.2, 0.25) is 0 Å². The number of hydrogen-bond acceptors (Lipinski definition) is 4. The SMILES string of the molecule is O[B]OC1CN2CCCCC2N1. The van der Waals surface area contributed by atoms with E-state index in [1.54, 1.807) is 0 Å². The maximum Gasteiger partial charge on any atom is 0.486 e. The third kappa shape index (κ3) is 1.64. The van der Waals surface area contributed by atoms with Crippen LogP contribution in [0.15, 0.2) is 0 Å². The molecule has 0 amide bonds. The Morgan fingerprint density at radius 1 is 1.50 bits per heavy atom. The summed E-state index contributed by atoms with van der Waals surface area (Å²) in [5, 5.41) is 11.8. The van der Waals surface area contributed by atoms with Gasteiger partial charge in [-0.1, -0.05) is 0 Å². The molecule has 0 aromatic rings. The normalized spacial score (nSPS) is 36.4. The Bertz CT molecular complexity index is 144. The molecule has 1 radical (unpaired) electrons. The van der Waals surface area contributed by atoms with Crippen LogP contribution < -0.4 is 5.32 Å². The van der Waals surface area contributed by atoms with Crippen LogP contribution in [0.5, 0.6) is 0 Å². The lowest BCUT2D eigenvalue weighted by molar-refractivity contribution is 0.168. The lowest BCUT2D eigenvalue weighted by atomic mass is 10.1. The van der Waals surface area contributed by atoms with Crippen molar-refractivity contribution in [1.82, 2.24) is 10.2 Å². The summed E-state index contributed by atoms with van der Waals surface area (Å²) >= 11 is 0. The second-order valence-corrected chi connectivity index (χ2v) is 3.40. The lowest BCUT2D eigenvalue weighted by Crippen LogP contribution is -2.40. The van der Waals surface area contributed by atoms with Gasteiger partial charge in [0.25, 0.3) is 0 Å². The Morgan fingerprint density at radius 2 is 2.42 bits per heavy atom. The topological polar surface area (TPSA) is 44.7 Å². The minimum Gasteiger partial charge on any atom is -0.429 e. The Labute approximate surface area is 73.2 Å². The van der Waals surface area contributed by atoms with Crippen molar-refractivity contribution in [2.45, 2.75) is 31.7 Å². The predicted molar refractivity (Wildman–Crippen MR) is 45.2 cm³/mol. The molecule has 2 N–H and O–H groups in total. The molecule has 2 unspecified atom stereocenters. The molecule has 2 aliphatic heterocycles. The first-order chi connectivity index (χ1) is 5.90. The zero-order valence-electron chi connectivity index (χ0n) is 7.07. The minimum atomic E-state index is -0.0156. The maximum atomic E-state index is 8.45. The summed E-state index contributed by atoms with van der Waals surface area (Å²) in [5.41, 5.74) is 0. The van der Waals surface area contributed by atoms with Gasteiger partial charge < -0.3 is 9.68 Å². The molecule has 2 aliphatic rings. The van der Waals surface area contributed by atoms with Crippen LogP contribution in [-0.4, -0.2) is 43.1 Å². The van der Waals surface area contributed by atoms with Gasteiger partial charge in [-0.05, 0) is 25.8 Å². The molecule has 4 nitrogen and oxygen atoms in total. The molecular weight excluding hydrogens is 155 g/mol. The third-order valence-corrected chi connectivity index (χ3v) is 2.62. The molecule has 0 aromatic carbocycles. The van der Waals surface area contributed by atoms with E-state index in [9.17, 15) is 0 Å².